The zero-order valence-electron chi connectivity index (χ0n) is 15.6. The molecule has 0 bridgehead atoms. The number of carbonyl (C=O) groups excluding carboxylic acids is 1. The molecule has 6 atom stereocenters. The molecule has 148 valence electrons. The lowest BCUT2D eigenvalue weighted by Gasteiger charge is -2.43. The molecule has 1 heterocycles. The van der Waals surface area contributed by atoms with Gasteiger partial charge in [0, 0.05) is 14.0 Å². The quantitative estimate of drug-likeness (QED) is 0.277. The van der Waals surface area contributed by atoms with Crippen molar-refractivity contribution >= 4 is 17.5 Å². The summed E-state index contributed by atoms with van der Waals surface area (Å²) in [5, 5.41) is 23.2. The Hall–Kier alpha value is -0.480. The van der Waals surface area contributed by atoms with Crippen molar-refractivity contribution in [3.05, 3.63) is 0 Å². The van der Waals surface area contributed by atoms with Crippen LogP contribution in [0.5, 0.6) is 0 Å². The van der Waals surface area contributed by atoms with E-state index < -0.39 is 36.6 Å². The van der Waals surface area contributed by atoms with Gasteiger partial charge in [0.05, 0.1) is 39.5 Å². The van der Waals surface area contributed by atoms with Gasteiger partial charge >= 0.3 is 0 Å². The van der Waals surface area contributed by atoms with Crippen LogP contribution in [0.25, 0.3) is 0 Å². The number of alkyl halides is 1. The number of amides is 1. The fraction of sp³-hybridized carbons (Fsp3) is 0.938. The van der Waals surface area contributed by atoms with E-state index in [4.69, 9.17) is 25.8 Å². The number of methoxy groups -OCH3 is 1. The first-order valence-electron chi connectivity index (χ1n) is 8.38. The smallest absolute Gasteiger partial charge is 0.217 e. The molecule has 0 saturated carbocycles. The summed E-state index contributed by atoms with van der Waals surface area (Å²) in [7, 11) is 5.31. The highest BCUT2D eigenvalue weighted by atomic mass is 35.5. The molecule has 0 aromatic carbocycles. The SMILES string of the molecule is CO[C@@H]1C(COCC(O)C[N+](C)(C)CCl)O[C@@H](C)C(NC(C)=O)[C@H]1O. The molecule has 1 amide bonds. The second-order valence-electron chi connectivity index (χ2n) is 7.23. The first-order chi connectivity index (χ1) is 11.6. The van der Waals surface area contributed by atoms with Crippen molar-refractivity contribution in [2.45, 2.75) is 50.4 Å². The summed E-state index contributed by atoms with van der Waals surface area (Å²) in [5.74, 6) is -0.243. The summed E-state index contributed by atoms with van der Waals surface area (Å²) >= 11 is 5.84. The van der Waals surface area contributed by atoms with Gasteiger partial charge in [-0.3, -0.25) is 4.79 Å². The predicted octanol–water partition coefficient (Wildman–Crippen LogP) is -0.695. The molecule has 3 N–H and O–H groups in total. The van der Waals surface area contributed by atoms with Gasteiger partial charge in [0.25, 0.3) is 0 Å². The molecule has 1 aliphatic rings. The first-order valence-corrected chi connectivity index (χ1v) is 8.92. The van der Waals surface area contributed by atoms with Crippen LogP contribution in [0.15, 0.2) is 0 Å². The Morgan fingerprint density at radius 2 is 2.08 bits per heavy atom. The summed E-state index contributed by atoms with van der Waals surface area (Å²) < 4.78 is 17.2. The third-order valence-corrected chi connectivity index (χ3v) is 4.88. The predicted molar refractivity (Wildman–Crippen MR) is 93.3 cm³/mol. The minimum absolute atomic E-state index is 0.133. The number of likely N-dealkylation sites (N-methyl/N-ethyl adjacent to an activating group) is 1. The molecule has 0 aromatic heterocycles. The van der Waals surface area contributed by atoms with Gasteiger partial charge in [0.1, 0.15) is 31.0 Å². The number of carbonyl (C=O) groups is 1. The van der Waals surface area contributed by atoms with Crippen molar-refractivity contribution in [1.29, 1.82) is 0 Å². The summed E-state index contributed by atoms with van der Waals surface area (Å²) in [6.07, 6.45) is -3.10. The normalized spacial score (nSPS) is 31.6. The van der Waals surface area contributed by atoms with Gasteiger partial charge in [-0.2, -0.15) is 0 Å². The molecule has 8 nitrogen and oxygen atoms in total. The molecular weight excluding hydrogens is 352 g/mol. The van der Waals surface area contributed by atoms with Crippen LogP contribution >= 0.6 is 11.6 Å². The number of hydrogen-bond donors (Lipinski definition) is 3. The monoisotopic (exact) mass is 383 g/mol. The molecule has 3 unspecified atom stereocenters. The Morgan fingerprint density at radius 1 is 1.44 bits per heavy atom. The highest BCUT2D eigenvalue weighted by Gasteiger charge is 2.44. The molecule has 1 saturated heterocycles. The van der Waals surface area contributed by atoms with E-state index in [1.54, 1.807) is 6.92 Å². The number of quaternary nitrogens is 1. The van der Waals surface area contributed by atoms with Crippen LogP contribution in [-0.4, -0.2) is 104 Å². The van der Waals surface area contributed by atoms with Crippen LogP contribution in [0.3, 0.4) is 0 Å². The maximum absolute atomic E-state index is 11.3. The molecule has 0 radical (unpaired) electrons. The van der Waals surface area contributed by atoms with Gasteiger partial charge in [-0.15, -0.1) is 0 Å². The lowest BCUT2D eigenvalue weighted by Crippen LogP contribution is -2.63. The lowest BCUT2D eigenvalue weighted by atomic mass is 9.93. The minimum atomic E-state index is -0.914. The third kappa shape index (κ3) is 6.97. The van der Waals surface area contributed by atoms with Crippen LogP contribution < -0.4 is 5.32 Å². The van der Waals surface area contributed by atoms with Crippen molar-refractivity contribution in [3.8, 4) is 0 Å². The molecule has 1 aliphatic heterocycles. The highest BCUT2D eigenvalue weighted by molar-refractivity contribution is 6.16. The topological polar surface area (TPSA) is 97.3 Å². The largest absolute Gasteiger partial charge is 0.388 e. The number of nitrogens with zero attached hydrogens (tertiary/aromatic N) is 1. The van der Waals surface area contributed by atoms with Gasteiger partial charge in [-0.25, -0.2) is 0 Å². The van der Waals surface area contributed by atoms with Crippen LogP contribution in [0.4, 0.5) is 0 Å². The van der Waals surface area contributed by atoms with Crippen LogP contribution in [0, 0.1) is 0 Å². The molecule has 25 heavy (non-hydrogen) atoms. The van der Waals surface area contributed by atoms with E-state index in [-0.39, 0.29) is 19.1 Å². The Labute approximate surface area is 154 Å². The second kappa shape index (κ2) is 10.0. The third-order valence-electron chi connectivity index (χ3n) is 4.23. The van der Waals surface area contributed by atoms with E-state index in [0.29, 0.717) is 17.0 Å². The van der Waals surface area contributed by atoms with Crippen LogP contribution in [-0.2, 0) is 19.0 Å². The van der Waals surface area contributed by atoms with E-state index in [1.165, 1.54) is 14.0 Å². The van der Waals surface area contributed by atoms with Gasteiger partial charge in [0.15, 0.2) is 6.00 Å². The molecule has 0 aliphatic carbocycles. The fourth-order valence-electron chi connectivity index (χ4n) is 2.99. The standard InChI is InChI=1S/C16H31ClN2O6/c1-10-14(18-11(2)20)15(22)16(23-5)13(25-10)8-24-7-12(21)6-19(3,4)9-17/h10,12-16,21-22H,6-9H2,1-5H3/p+1/t10-,12?,13?,14?,15+,16+/m0/s1. The summed E-state index contributed by atoms with van der Waals surface area (Å²) in [4.78, 5) is 11.3. The number of ether oxygens (including phenoxy) is 3. The number of rotatable bonds is 9. The van der Waals surface area contributed by atoms with Crippen molar-refractivity contribution < 1.29 is 33.7 Å². The molecular formula is C16H32ClN2O6+. The number of nitrogens with one attached hydrogen (secondary N) is 1. The van der Waals surface area contributed by atoms with Crippen molar-refractivity contribution in [1.82, 2.24) is 5.32 Å². The maximum atomic E-state index is 11.3. The second-order valence-corrected chi connectivity index (χ2v) is 7.47. The van der Waals surface area contributed by atoms with E-state index in [1.807, 2.05) is 14.1 Å². The van der Waals surface area contributed by atoms with E-state index >= 15 is 0 Å². The van der Waals surface area contributed by atoms with Gasteiger partial charge in [-0.1, -0.05) is 11.6 Å². The van der Waals surface area contributed by atoms with Gasteiger partial charge in [0.2, 0.25) is 5.91 Å². The van der Waals surface area contributed by atoms with Crippen LogP contribution in [0.2, 0.25) is 0 Å². The Balaban J connectivity index is 2.54. The average molecular weight is 384 g/mol. The Morgan fingerprint density at radius 3 is 2.60 bits per heavy atom. The maximum Gasteiger partial charge on any atom is 0.217 e. The van der Waals surface area contributed by atoms with Crippen molar-refractivity contribution in [2.24, 2.45) is 0 Å². The van der Waals surface area contributed by atoms with Crippen molar-refractivity contribution in [2.75, 3.05) is 47.0 Å². The molecule has 9 heteroatoms. The van der Waals surface area contributed by atoms with E-state index in [0.717, 1.165) is 0 Å². The van der Waals surface area contributed by atoms with E-state index in [9.17, 15) is 15.0 Å². The molecule has 1 rings (SSSR count). The molecule has 1 fully saturated rings. The zero-order valence-corrected chi connectivity index (χ0v) is 16.4. The molecule has 0 spiro atoms. The van der Waals surface area contributed by atoms with Gasteiger partial charge in [-0.05, 0) is 6.92 Å². The first kappa shape index (κ1) is 22.6. The fourth-order valence-corrected chi connectivity index (χ4v) is 3.09. The van der Waals surface area contributed by atoms with Gasteiger partial charge < -0.3 is 34.2 Å². The Bertz CT molecular complexity index is 425. The van der Waals surface area contributed by atoms with Crippen LogP contribution in [0.1, 0.15) is 13.8 Å². The molecule has 0 aromatic rings. The number of aliphatic hydroxyl groups excluding tert-OH is 2. The number of hydrogen-bond acceptors (Lipinski definition) is 6. The lowest BCUT2D eigenvalue weighted by molar-refractivity contribution is -0.882. The van der Waals surface area contributed by atoms with Crippen molar-refractivity contribution in [3.63, 3.8) is 0 Å². The minimum Gasteiger partial charge on any atom is -0.388 e. The number of halogens is 1. The number of aliphatic hydroxyl groups is 2. The summed E-state index contributed by atoms with van der Waals surface area (Å²) in [6, 6.07) is -0.158. The summed E-state index contributed by atoms with van der Waals surface area (Å²) in [6.45, 7) is 3.93. The average Bonchev–Trinajstić information content (AvgIpc) is 2.51. The Kier molecular flexibility index (Phi) is 9.03. The highest BCUT2D eigenvalue weighted by Crippen LogP contribution is 2.23. The zero-order chi connectivity index (χ0) is 19.2. The van der Waals surface area contributed by atoms with E-state index in [2.05, 4.69) is 5.32 Å². The summed E-state index contributed by atoms with van der Waals surface area (Å²) in [5.41, 5.74) is 0.